The van der Waals surface area contributed by atoms with E-state index in [1.165, 1.54) is 31.2 Å². The van der Waals surface area contributed by atoms with Crippen molar-refractivity contribution in [3.05, 3.63) is 22.4 Å². The zero-order chi connectivity index (χ0) is 10.1. The smallest absolute Gasteiger partial charge is 0.0728 e. The molecule has 16 heavy (non-hydrogen) atoms. The third-order valence-electron chi connectivity index (χ3n) is 3.50. The van der Waals surface area contributed by atoms with Crippen molar-refractivity contribution in [1.29, 1.82) is 0 Å². The number of ether oxygens (including phenoxy) is 1. The molecule has 2 aliphatic heterocycles. The molecule has 2 bridgehead atoms. The van der Waals surface area contributed by atoms with Gasteiger partial charge in [0.25, 0.3) is 0 Å². The number of thiophene rings is 1. The van der Waals surface area contributed by atoms with Gasteiger partial charge in [-0.15, -0.1) is 12.4 Å². The van der Waals surface area contributed by atoms with E-state index < -0.39 is 0 Å². The molecule has 0 saturated carbocycles. The average Bonchev–Trinajstić information content (AvgIpc) is 2.86. The van der Waals surface area contributed by atoms with Gasteiger partial charge in [-0.3, -0.25) is 0 Å². The first-order valence-electron chi connectivity index (χ1n) is 5.79. The summed E-state index contributed by atoms with van der Waals surface area (Å²) in [5.41, 5.74) is 1.32. The molecular weight excluding hydrogens is 242 g/mol. The maximum absolute atomic E-state index is 5.97. The molecule has 3 heterocycles. The first kappa shape index (κ1) is 12.4. The van der Waals surface area contributed by atoms with Crippen molar-refractivity contribution in [1.82, 2.24) is 5.32 Å². The van der Waals surface area contributed by atoms with Crippen LogP contribution < -0.4 is 5.32 Å². The number of fused-ring (bicyclic) bond motifs is 2. The lowest BCUT2D eigenvalue weighted by Gasteiger charge is -2.28. The maximum atomic E-state index is 5.97. The molecule has 3 atom stereocenters. The normalized spacial score (nSPS) is 32.4. The molecule has 0 spiro atoms. The summed E-state index contributed by atoms with van der Waals surface area (Å²) < 4.78 is 5.97. The van der Waals surface area contributed by atoms with Crippen molar-refractivity contribution in [2.75, 3.05) is 0 Å². The number of piperidine rings is 1. The van der Waals surface area contributed by atoms with E-state index in [-0.39, 0.29) is 12.4 Å². The van der Waals surface area contributed by atoms with Crippen LogP contribution >= 0.6 is 23.7 Å². The zero-order valence-corrected chi connectivity index (χ0v) is 10.9. The second-order valence-electron chi connectivity index (χ2n) is 4.67. The molecule has 2 aliphatic rings. The van der Waals surface area contributed by atoms with E-state index in [0.717, 1.165) is 18.7 Å². The predicted molar refractivity (Wildman–Crippen MR) is 69.3 cm³/mol. The minimum absolute atomic E-state index is 0. The summed E-state index contributed by atoms with van der Waals surface area (Å²) in [7, 11) is 0. The highest BCUT2D eigenvalue weighted by Crippen LogP contribution is 2.29. The largest absolute Gasteiger partial charge is 0.373 e. The zero-order valence-electron chi connectivity index (χ0n) is 9.22. The van der Waals surface area contributed by atoms with Crippen LogP contribution in [0.25, 0.3) is 0 Å². The molecule has 0 aromatic carbocycles. The fraction of sp³-hybridized carbons (Fsp3) is 0.667. The molecule has 0 amide bonds. The third kappa shape index (κ3) is 2.77. The van der Waals surface area contributed by atoms with Crippen LogP contribution in [0.5, 0.6) is 0 Å². The summed E-state index contributed by atoms with van der Waals surface area (Å²) in [5.74, 6) is 0. The average molecular weight is 260 g/mol. The van der Waals surface area contributed by atoms with Crippen molar-refractivity contribution in [2.24, 2.45) is 0 Å². The number of rotatable bonds is 3. The Morgan fingerprint density at radius 2 is 2.06 bits per heavy atom. The third-order valence-corrected chi connectivity index (χ3v) is 4.23. The second kappa shape index (κ2) is 5.50. The molecular formula is C12H18ClNOS. The van der Waals surface area contributed by atoms with Crippen LogP contribution in [0.3, 0.4) is 0 Å². The van der Waals surface area contributed by atoms with Gasteiger partial charge in [0, 0.05) is 12.1 Å². The lowest BCUT2D eigenvalue weighted by Crippen LogP contribution is -2.41. The predicted octanol–water partition coefficient (Wildman–Crippen LogP) is 2.97. The second-order valence-corrected chi connectivity index (χ2v) is 5.45. The molecule has 2 fully saturated rings. The van der Waals surface area contributed by atoms with Crippen LogP contribution in [0.15, 0.2) is 16.8 Å². The van der Waals surface area contributed by atoms with E-state index in [4.69, 9.17) is 4.74 Å². The Balaban J connectivity index is 0.000000963. The van der Waals surface area contributed by atoms with Gasteiger partial charge in [-0.05, 0) is 48.1 Å². The topological polar surface area (TPSA) is 21.3 Å². The molecule has 2 saturated heterocycles. The molecule has 2 nitrogen and oxygen atoms in total. The van der Waals surface area contributed by atoms with Crippen LogP contribution in [-0.4, -0.2) is 18.2 Å². The minimum atomic E-state index is 0. The summed E-state index contributed by atoms with van der Waals surface area (Å²) in [6.45, 7) is 0.799. The van der Waals surface area contributed by atoms with E-state index >= 15 is 0 Å². The lowest BCUT2D eigenvalue weighted by molar-refractivity contribution is 0.00932. The van der Waals surface area contributed by atoms with E-state index in [9.17, 15) is 0 Å². The maximum Gasteiger partial charge on any atom is 0.0728 e. The summed E-state index contributed by atoms with van der Waals surface area (Å²) in [5, 5.41) is 7.93. The van der Waals surface area contributed by atoms with Gasteiger partial charge in [0.2, 0.25) is 0 Å². The number of nitrogens with one attached hydrogen (secondary N) is 1. The summed E-state index contributed by atoms with van der Waals surface area (Å²) in [4.78, 5) is 0. The Kier molecular flexibility index (Phi) is 4.25. The van der Waals surface area contributed by atoms with Crippen molar-refractivity contribution in [3.8, 4) is 0 Å². The van der Waals surface area contributed by atoms with Crippen LogP contribution in [0.2, 0.25) is 0 Å². The highest BCUT2D eigenvalue weighted by molar-refractivity contribution is 7.07. The molecule has 90 valence electrons. The SMILES string of the molecule is Cl.c1cc(COC2C[C@H]3CC[C@@H](C2)N3)cs1. The van der Waals surface area contributed by atoms with Crippen LogP contribution in [0.4, 0.5) is 0 Å². The molecule has 1 unspecified atom stereocenters. The first-order chi connectivity index (χ1) is 7.40. The molecule has 1 aromatic rings. The highest BCUT2D eigenvalue weighted by atomic mass is 35.5. The monoisotopic (exact) mass is 259 g/mol. The van der Waals surface area contributed by atoms with Gasteiger partial charge in [-0.2, -0.15) is 11.3 Å². The highest BCUT2D eigenvalue weighted by Gasteiger charge is 2.33. The van der Waals surface area contributed by atoms with Crippen LogP contribution in [0.1, 0.15) is 31.2 Å². The molecule has 0 radical (unpaired) electrons. The lowest BCUT2D eigenvalue weighted by atomic mass is 10.0. The standard InChI is InChI=1S/C12H17NOS.ClH/c1-2-11-6-12(5-10(1)13-11)14-7-9-3-4-15-8-9;/h3-4,8,10-13H,1-2,5-7H2;1H/t10-,11+,12?;. The summed E-state index contributed by atoms with van der Waals surface area (Å²) >= 11 is 1.75. The Hall–Kier alpha value is -0.0900. The van der Waals surface area contributed by atoms with Gasteiger partial charge >= 0.3 is 0 Å². The Morgan fingerprint density at radius 3 is 2.69 bits per heavy atom. The first-order valence-corrected chi connectivity index (χ1v) is 6.73. The van der Waals surface area contributed by atoms with E-state index in [2.05, 4.69) is 22.1 Å². The summed E-state index contributed by atoms with van der Waals surface area (Å²) in [6, 6.07) is 3.62. The van der Waals surface area contributed by atoms with E-state index in [0.29, 0.717) is 6.10 Å². The van der Waals surface area contributed by atoms with Gasteiger partial charge in [0.15, 0.2) is 0 Å². The van der Waals surface area contributed by atoms with Crippen LogP contribution in [0, 0.1) is 0 Å². The molecule has 1 N–H and O–H groups in total. The number of hydrogen-bond acceptors (Lipinski definition) is 3. The van der Waals surface area contributed by atoms with Crippen molar-refractivity contribution >= 4 is 23.7 Å². The van der Waals surface area contributed by atoms with Gasteiger partial charge in [0.05, 0.1) is 12.7 Å². The quantitative estimate of drug-likeness (QED) is 0.901. The molecule has 4 heteroatoms. The van der Waals surface area contributed by atoms with Crippen LogP contribution in [-0.2, 0) is 11.3 Å². The molecule has 1 aromatic heterocycles. The molecule has 0 aliphatic carbocycles. The number of halogens is 1. The van der Waals surface area contributed by atoms with E-state index in [1.54, 1.807) is 11.3 Å². The van der Waals surface area contributed by atoms with Crippen molar-refractivity contribution in [2.45, 2.75) is 50.5 Å². The Bertz CT molecular complexity index is 305. The fourth-order valence-electron chi connectivity index (χ4n) is 2.73. The molecule has 3 rings (SSSR count). The van der Waals surface area contributed by atoms with Gasteiger partial charge in [0.1, 0.15) is 0 Å². The summed E-state index contributed by atoms with van der Waals surface area (Å²) in [6.07, 6.45) is 5.61. The number of hydrogen-bond donors (Lipinski definition) is 1. The fourth-order valence-corrected chi connectivity index (χ4v) is 3.38. The Morgan fingerprint density at radius 1 is 1.31 bits per heavy atom. The van der Waals surface area contributed by atoms with Gasteiger partial charge in [-0.25, -0.2) is 0 Å². The van der Waals surface area contributed by atoms with Crippen molar-refractivity contribution in [3.63, 3.8) is 0 Å². The van der Waals surface area contributed by atoms with Crippen molar-refractivity contribution < 1.29 is 4.74 Å². The Labute approximate surface area is 107 Å². The minimum Gasteiger partial charge on any atom is -0.373 e. The van der Waals surface area contributed by atoms with E-state index in [1.807, 2.05) is 0 Å². The van der Waals surface area contributed by atoms with Gasteiger partial charge in [-0.1, -0.05) is 0 Å². The van der Waals surface area contributed by atoms with Gasteiger partial charge < -0.3 is 10.1 Å².